The van der Waals surface area contributed by atoms with Crippen LogP contribution in [0.15, 0.2) is 24.3 Å². The summed E-state index contributed by atoms with van der Waals surface area (Å²) in [6.45, 7) is 4.04. The zero-order chi connectivity index (χ0) is 14.4. The molecule has 1 fully saturated rings. The van der Waals surface area contributed by atoms with Gasteiger partial charge in [-0.15, -0.1) is 0 Å². The van der Waals surface area contributed by atoms with Crippen molar-refractivity contribution in [1.29, 1.82) is 0 Å². The minimum absolute atomic E-state index is 0.0667. The summed E-state index contributed by atoms with van der Waals surface area (Å²) in [5, 5.41) is 2.97. The summed E-state index contributed by atoms with van der Waals surface area (Å²) >= 11 is 0. The number of likely N-dealkylation sites (tertiary alicyclic amines) is 1. The highest BCUT2D eigenvalue weighted by molar-refractivity contribution is 5.94. The molecule has 1 aromatic rings. The lowest BCUT2D eigenvalue weighted by molar-refractivity contribution is -0.120. The highest BCUT2D eigenvalue weighted by Crippen LogP contribution is 2.17. The Morgan fingerprint density at radius 1 is 1.15 bits per heavy atom. The third-order valence-corrected chi connectivity index (χ3v) is 3.93. The van der Waals surface area contributed by atoms with Gasteiger partial charge in [-0.3, -0.25) is 9.69 Å². The third kappa shape index (κ3) is 3.97. The van der Waals surface area contributed by atoms with Gasteiger partial charge in [0.1, 0.15) is 5.75 Å². The van der Waals surface area contributed by atoms with Crippen LogP contribution in [-0.4, -0.2) is 37.0 Å². The molecule has 1 aliphatic rings. The van der Waals surface area contributed by atoms with Crippen molar-refractivity contribution in [2.45, 2.75) is 38.6 Å². The summed E-state index contributed by atoms with van der Waals surface area (Å²) in [6, 6.07) is 7.37. The Labute approximate surface area is 121 Å². The van der Waals surface area contributed by atoms with Gasteiger partial charge in [-0.2, -0.15) is 0 Å². The lowest BCUT2D eigenvalue weighted by Crippen LogP contribution is -2.42. The first-order chi connectivity index (χ1) is 9.70. The molecule has 1 heterocycles. The lowest BCUT2D eigenvalue weighted by Gasteiger charge is -2.26. The van der Waals surface area contributed by atoms with Crippen molar-refractivity contribution in [3.05, 3.63) is 24.3 Å². The van der Waals surface area contributed by atoms with E-state index in [1.54, 1.807) is 7.11 Å². The van der Waals surface area contributed by atoms with E-state index in [9.17, 15) is 4.79 Å². The number of anilines is 1. The van der Waals surface area contributed by atoms with Crippen molar-refractivity contribution in [3.8, 4) is 5.75 Å². The van der Waals surface area contributed by atoms with E-state index < -0.39 is 0 Å². The molecule has 0 aliphatic carbocycles. The van der Waals surface area contributed by atoms with Crippen molar-refractivity contribution in [2.75, 3.05) is 25.5 Å². The van der Waals surface area contributed by atoms with Gasteiger partial charge in [0.25, 0.3) is 0 Å². The molecule has 4 heteroatoms. The van der Waals surface area contributed by atoms with E-state index in [4.69, 9.17) is 4.74 Å². The molecule has 1 aliphatic heterocycles. The van der Waals surface area contributed by atoms with Crippen molar-refractivity contribution >= 4 is 11.6 Å². The number of rotatable bonds is 4. The largest absolute Gasteiger partial charge is 0.497 e. The van der Waals surface area contributed by atoms with Gasteiger partial charge in [-0.25, -0.2) is 0 Å². The molecule has 20 heavy (non-hydrogen) atoms. The number of ether oxygens (including phenoxy) is 1. The average molecular weight is 276 g/mol. The number of hydrogen-bond acceptors (Lipinski definition) is 3. The van der Waals surface area contributed by atoms with Gasteiger partial charge in [-0.1, -0.05) is 12.8 Å². The standard InChI is InChI=1S/C16H24N2O2/c1-13(18-11-5-3-4-6-12-18)16(19)17-14-7-9-15(20-2)10-8-14/h7-10,13H,3-6,11-12H2,1-2H3,(H,17,19)/t13-/m1/s1. The summed E-state index contributed by atoms with van der Waals surface area (Å²) in [7, 11) is 1.63. The summed E-state index contributed by atoms with van der Waals surface area (Å²) in [5.41, 5.74) is 0.817. The highest BCUT2D eigenvalue weighted by atomic mass is 16.5. The lowest BCUT2D eigenvalue weighted by atomic mass is 10.2. The normalized spacial score (nSPS) is 18.1. The van der Waals surface area contributed by atoms with Gasteiger partial charge in [0.05, 0.1) is 13.2 Å². The zero-order valence-corrected chi connectivity index (χ0v) is 12.4. The smallest absolute Gasteiger partial charge is 0.241 e. The molecule has 0 saturated carbocycles. The minimum Gasteiger partial charge on any atom is -0.497 e. The number of carbonyl (C=O) groups is 1. The minimum atomic E-state index is -0.0739. The van der Waals surface area contributed by atoms with Crippen LogP contribution in [-0.2, 0) is 4.79 Å². The van der Waals surface area contributed by atoms with Crippen LogP contribution in [0.25, 0.3) is 0 Å². The number of amides is 1. The van der Waals surface area contributed by atoms with Gasteiger partial charge in [0.15, 0.2) is 0 Å². The molecule has 110 valence electrons. The number of hydrogen-bond donors (Lipinski definition) is 1. The molecule has 1 N–H and O–H groups in total. The number of nitrogens with one attached hydrogen (secondary N) is 1. The highest BCUT2D eigenvalue weighted by Gasteiger charge is 2.21. The summed E-state index contributed by atoms with van der Waals surface area (Å²) in [6.07, 6.45) is 4.95. The van der Waals surface area contributed by atoms with Crippen LogP contribution in [0.3, 0.4) is 0 Å². The fourth-order valence-electron chi connectivity index (χ4n) is 2.57. The van der Waals surface area contributed by atoms with Crippen molar-refractivity contribution in [2.24, 2.45) is 0 Å². The van der Waals surface area contributed by atoms with E-state index in [2.05, 4.69) is 10.2 Å². The number of methoxy groups -OCH3 is 1. The first kappa shape index (κ1) is 14.9. The molecular weight excluding hydrogens is 252 g/mol. The number of nitrogens with zero attached hydrogens (tertiary/aromatic N) is 1. The van der Waals surface area contributed by atoms with Crippen LogP contribution in [0.5, 0.6) is 5.75 Å². The van der Waals surface area contributed by atoms with E-state index in [-0.39, 0.29) is 11.9 Å². The maximum absolute atomic E-state index is 12.3. The predicted molar refractivity (Wildman–Crippen MR) is 81.1 cm³/mol. The Morgan fingerprint density at radius 3 is 2.30 bits per heavy atom. The molecule has 0 aromatic heterocycles. The molecule has 1 atom stereocenters. The van der Waals surface area contributed by atoms with Gasteiger partial charge in [0, 0.05) is 5.69 Å². The SMILES string of the molecule is COc1ccc(NC(=O)[C@@H](C)N2CCCCCC2)cc1. The number of carbonyl (C=O) groups excluding carboxylic acids is 1. The topological polar surface area (TPSA) is 41.6 Å². The first-order valence-corrected chi connectivity index (χ1v) is 7.39. The fraction of sp³-hybridized carbons (Fsp3) is 0.562. The van der Waals surface area contributed by atoms with Gasteiger partial charge >= 0.3 is 0 Å². The van der Waals surface area contributed by atoms with E-state index >= 15 is 0 Å². The molecule has 0 bridgehead atoms. The molecule has 1 aromatic carbocycles. The Hall–Kier alpha value is -1.55. The van der Waals surface area contributed by atoms with E-state index in [1.807, 2.05) is 31.2 Å². The average Bonchev–Trinajstić information content (AvgIpc) is 2.76. The first-order valence-electron chi connectivity index (χ1n) is 7.39. The summed E-state index contributed by atoms with van der Waals surface area (Å²) in [4.78, 5) is 14.6. The van der Waals surface area contributed by atoms with Crippen LogP contribution >= 0.6 is 0 Å². The second-order valence-corrected chi connectivity index (χ2v) is 5.34. The molecule has 2 rings (SSSR count). The maximum atomic E-state index is 12.3. The summed E-state index contributed by atoms with van der Waals surface area (Å²) < 4.78 is 5.11. The molecule has 0 unspecified atom stereocenters. The molecule has 1 saturated heterocycles. The van der Waals surface area contributed by atoms with Gasteiger partial charge in [-0.05, 0) is 57.1 Å². The van der Waals surface area contributed by atoms with Crippen LogP contribution in [0.4, 0.5) is 5.69 Å². The quantitative estimate of drug-likeness (QED) is 0.919. The van der Waals surface area contributed by atoms with Crippen LogP contribution in [0.2, 0.25) is 0 Å². The van der Waals surface area contributed by atoms with Crippen LogP contribution in [0.1, 0.15) is 32.6 Å². The van der Waals surface area contributed by atoms with Crippen molar-refractivity contribution in [3.63, 3.8) is 0 Å². The second kappa shape index (κ2) is 7.29. The van der Waals surface area contributed by atoms with Gasteiger partial charge < -0.3 is 10.1 Å². The predicted octanol–water partition coefficient (Wildman–Crippen LogP) is 2.90. The Balaban J connectivity index is 1.92. The second-order valence-electron chi connectivity index (χ2n) is 5.34. The van der Waals surface area contributed by atoms with Crippen LogP contribution < -0.4 is 10.1 Å². The molecule has 0 spiro atoms. The van der Waals surface area contributed by atoms with E-state index in [0.717, 1.165) is 24.5 Å². The Bertz CT molecular complexity index is 423. The fourth-order valence-corrected chi connectivity index (χ4v) is 2.57. The van der Waals surface area contributed by atoms with Crippen LogP contribution in [0, 0.1) is 0 Å². The molecular formula is C16H24N2O2. The molecule has 0 radical (unpaired) electrons. The number of benzene rings is 1. The zero-order valence-electron chi connectivity index (χ0n) is 12.4. The monoisotopic (exact) mass is 276 g/mol. The maximum Gasteiger partial charge on any atom is 0.241 e. The van der Waals surface area contributed by atoms with Gasteiger partial charge in [0.2, 0.25) is 5.91 Å². The Kier molecular flexibility index (Phi) is 5.41. The molecule has 4 nitrogen and oxygen atoms in total. The Morgan fingerprint density at radius 2 is 1.75 bits per heavy atom. The summed E-state index contributed by atoms with van der Waals surface area (Å²) in [5.74, 6) is 0.862. The molecule has 1 amide bonds. The van der Waals surface area contributed by atoms with Crippen molar-refractivity contribution < 1.29 is 9.53 Å². The van der Waals surface area contributed by atoms with E-state index in [0.29, 0.717) is 0 Å². The van der Waals surface area contributed by atoms with Crippen molar-refractivity contribution in [1.82, 2.24) is 4.90 Å². The third-order valence-electron chi connectivity index (χ3n) is 3.93. The van der Waals surface area contributed by atoms with E-state index in [1.165, 1.54) is 25.7 Å².